The molecule has 0 aliphatic carbocycles. The average molecular weight is 287 g/mol. The lowest BCUT2D eigenvalue weighted by Crippen LogP contribution is -2.06. The van der Waals surface area contributed by atoms with Gasteiger partial charge in [0.15, 0.2) is 0 Å². The van der Waals surface area contributed by atoms with Gasteiger partial charge in [-0.3, -0.25) is 0 Å². The molecule has 1 aliphatic heterocycles. The van der Waals surface area contributed by atoms with Gasteiger partial charge in [0.05, 0.1) is 4.21 Å². The molecule has 1 aromatic heterocycles. The summed E-state index contributed by atoms with van der Waals surface area (Å²) in [7, 11) is 2.01. The van der Waals surface area contributed by atoms with E-state index >= 15 is 0 Å². The highest BCUT2D eigenvalue weighted by molar-refractivity contribution is 8.00. The fourth-order valence-corrected chi connectivity index (χ4v) is 4.51. The van der Waals surface area contributed by atoms with Crippen molar-refractivity contribution in [2.45, 2.75) is 16.4 Å². The Balaban J connectivity index is 2.08. The van der Waals surface area contributed by atoms with Crippen molar-refractivity contribution in [2.24, 2.45) is 0 Å². The Kier molecular flexibility index (Phi) is 4.06. The predicted octanol–water partition coefficient (Wildman–Crippen LogP) is 4.40. The summed E-state index contributed by atoms with van der Waals surface area (Å²) in [6, 6.07) is 11.1. The lowest BCUT2D eigenvalue weighted by Gasteiger charge is -2.09. The first-order chi connectivity index (χ1) is 9.40. The first kappa shape index (κ1) is 13.0. The molecule has 0 fully saturated rings. The third-order valence-electron chi connectivity index (χ3n) is 3.33. The van der Waals surface area contributed by atoms with E-state index in [4.69, 9.17) is 0 Å². The highest BCUT2D eigenvalue weighted by Gasteiger charge is 2.18. The number of thiophene rings is 1. The van der Waals surface area contributed by atoms with E-state index in [0.717, 1.165) is 18.7 Å². The summed E-state index contributed by atoms with van der Waals surface area (Å²) < 4.78 is 1.45. The van der Waals surface area contributed by atoms with Gasteiger partial charge in [-0.25, -0.2) is 0 Å². The Morgan fingerprint density at radius 2 is 2.11 bits per heavy atom. The number of hydrogen-bond acceptors (Lipinski definition) is 3. The maximum atomic E-state index is 3.22. The molecule has 0 unspecified atom stereocenters. The van der Waals surface area contributed by atoms with E-state index in [-0.39, 0.29) is 0 Å². The molecule has 1 aromatic carbocycles. The van der Waals surface area contributed by atoms with Crippen LogP contribution in [0.4, 0.5) is 0 Å². The van der Waals surface area contributed by atoms with Crippen LogP contribution in [0.3, 0.4) is 0 Å². The maximum Gasteiger partial charge on any atom is 0.0680 e. The molecular formula is C16H17NS2. The van der Waals surface area contributed by atoms with Gasteiger partial charge in [0.2, 0.25) is 0 Å². The first-order valence-corrected chi connectivity index (χ1v) is 8.40. The lowest BCUT2D eigenvalue weighted by molar-refractivity contribution is 0.808. The predicted molar refractivity (Wildman–Crippen MR) is 85.9 cm³/mol. The van der Waals surface area contributed by atoms with Gasteiger partial charge in [0.25, 0.3) is 0 Å². The van der Waals surface area contributed by atoms with E-state index in [2.05, 4.69) is 47.1 Å². The number of hydrogen-bond donors (Lipinski definition) is 1. The van der Waals surface area contributed by atoms with E-state index in [9.17, 15) is 0 Å². The van der Waals surface area contributed by atoms with Crippen molar-refractivity contribution in [3.8, 4) is 0 Å². The molecule has 3 rings (SSSR count). The molecule has 1 nitrogen and oxygen atoms in total. The summed E-state index contributed by atoms with van der Waals surface area (Å²) in [5, 5.41) is 5.42. The normalized spacial score (nSPS) is 15.9. The van der Waals surface area contributed by atoms with Crippen molar-refractivity contribution in [1.29, 1.82) is 0 Å². The molecule has 0 saturated carbocycles. The summed E-state index contributed by atoms with van der Waals surface area (Å²) in [6.45, 7) is 1.03. The second-order valence-corrected chi connectivity index (χ2v) is 6.74. The molecule has 0 amide bonds. The zero-order valence-electron chi connectivity index (χ0n) is 11.0. The summed E-state index contributed by atoms with van der Waals surface area (Å²) in [5.41, 5.74) is 5.68. The van der Waals surface area contributed by atoms with Crippen LogP contribution in [-0.2, 0) is 5.75 Å². The van der Waals surface area contributed by atoms with Crippen LogP contribution < -0.4 is 5.32 Å². The molecule has 2 heterocycles. The quantitative estimate of drug-likeness (QED) is 0.840. The van der Waals surface area contributed by atoms with Gasteiger partial charge in [-0.2, -0.15) is 0 Å². The number of benzene rings is 1. The molecule has 98 valence electrons. The fourth-order valence-electron chi connectivity index (χ4n) is 2.38. The van der Waals surface area contributed by atoms with E-state index in [1.807, 2.05) is 30.1 Å². The van der Waals surface area contributed by atoms with E-state index in [0.29, 0.717) is 0 Å². The summed E-state index contributed by atoms with van der Waals surface area (Å²) in [6.07, 6.45) is 3.45. The zero-order valence-corrected chi connectivity index (χ0v) is 12.6. The molecule has 3 heteroatoms. The Hall–Kier alpha value is -1.03. The molecule has 19 heavy (non-hydrogen) atoms. The van der Waals surface area contributed by atoms with Gasteiger partial charge >= 0.3 is 0 Å². The minimum atomic E-state index is 1.03. The van der Waals surface area contributed by atoms with Crippen molar-refractivity contribution < 1.29 is 0 Å². The van der Waals surface area contributed by atoms with Gasteiger partial charge in [0.1, 0.15) is 0 Å². The molecule has 0 atom stereocenters. The molecule has 0 spiro atoms. The Labute approximate surface area is 122 Å². The number of fused-ring (bicyclic) bond motifs is 2. The van der Waals surface area contributed by atoms with E-state index in [1.54, 1.807) is 0 Å². The van der Waals surface area contributed by atoms with Crippen molar-refractivity contribution in [2.75, 3.05) is 13.6 Å². The van der Waals surface area contributed by atoms with E-state index < -0.39 is 0 Å². The number of rotatable bonds is 3. The standard InChI is InChI=1S/C16H17NS2/c1-17-9-4-7-14-13-6-3-2-5-12(13)11-19-16-15(14)8-10-18-16/h2-3,5-8,10,17H,4,9,11H2,1H3/b14-7-. The topological polar surface area (TPSA) is 12.0 Å². The number of thioether (sulfide) groups is 1. The summed E-state index contributed by atoms with van der Waals surface area (Å²) >= 11 is 3.82. The van der Waals surface area contributed by atoms with Crippen molar-refractivity contribution in [3.63, 3.8) is 0 Å². The molecule has 0 saturated heterocycles. The highest BCUT2D eigenvalue weighted by Crippen LogP contribution is 2.42. The molecular weight excluding hydrogens is 270 g/mol. The zero-order chi connectivity index (χ0) is 13.1. The van der Waals surface area contributed by atoms with Gasteiger partial charge < -0.3 is 5.32 Å². The lowest BCUT2D eigenvalue weighted by atomic mass is 9.95. The van der Waals surface area contributed by atoms with Crippen molar-refractivity contribution in [1.82, 2.24) is 5.32 Å². The van der Waals surface area contributed by atoms with Crippen molar-refractivity contribution >= 4 is 28.7 Å². The first-order valence-electron chi connectivity index (χ1n) is 6.54. The minimum Gasteiger partial charge on any atom is -0.319 e. The maximum absolute atomic E-state index is 3.22. The average Bonchev–Trinajstić information content (AvgIpc) is 2.85. The van der Waals surface area contributed by atoms with Crippen LogP contribution in [0.15, 0.2) is 46.0 Å². The highest BCUT2D eigenvalue weighted by atomic mass is 32.2. The molecule has 1 N–H and O–H groups in total. The third-order valence-corrected chi connectivity index (χ3v) is 5.61. The van der Waals surface area contributed by atoms with Crippen LogP contribution in [0.25, 0.3) is 5.57 Å². The van der Waals surface area contributed by atoms with Crippen LogP contribution >= 0.6 is 23.1 Å². The Bertz CT molecular complexity index is 598. The van der Waals surface area contributed by atoms with Crippen LogP contribution in [0, 0.1) is 0 Å². The van der Waals surface area contributed by atoms with Crippen LogP contribution in [0.2, 0.25) is 0 Å². The monoisotopic (exact) mass is 287 g/mol. The van der Waals surface area contributed by atoms with Crippen LogP contribution in [0.5, 0.6) is 0 Å². The molecule has 2 aromatic rings. The second kappa shape index (κ2) is 5.95. The smallest absolute Gasteiger partial charge is 0.0680 e. The second-order valence-electron chi connectivity index (χ2n) is 4.58. The van der Waals surface area contributed by atoms with Crippen LogP contribution in [0.1, 0.15) is 23.1 Å². The van der Waals surface area contributed by atoms with Gasteiger partial charge in [0, 0.05) is 11.3 Å². The molecule has 0 radical (unpaired) electrons. The minimum absolute atomic E-state index is 1.03. The Morgan fingerprint density at radius 3 is 3.00 bits per heavy atom. The SMILES string of the molecule is CNCC/C=C1/c2ccccc2CSc2sccc21. The van der Waals surface area contributed by atoms with E-state index in [1.165, 1.54) is 26.5 Å². The van der Waals surface area contributed by atoms with Gasteiger partial charge in [-0.1, -0.05) is 30.3 Å². The Morgan fingerprint density at radius 1 is 1.21 bits per heavy atom. The van der Waals surface area contributed by atoms with Gasteiger partial charge in [-0.05, 0) is 48.2 Å². The van der Waals surface area contributed by atoms with Crippen LogP contribution in [-0.4, -0.2) is 13.6 Å². The summed E-state index contributed by atoms with van der Waals surface area (Å²) in [4.78, 5) is 0. The third kappa shape index (κ3) is 2.64. The molecule has 1 aliphatic rings. The van der Waals surface area contributed by atoms with Crippen molar-refractivity contribution in [3.05, 3.63) is 58.5 Å². The summed E-state index contributed by atoms with van der Waals surface area (Å²) in [5.74, 6) is 1.08. The molecule has 0 bridgehead atoms. The number of nitrogens with one attached hydrogen (secondary N) is 1. The fraction of sp³-hybridized carbons (Fsp3) is 0.250. The van der Waals surface area contributed by atoms with Gasteiger partial charge in [-0.15, -0.1) is 23.1 Å². The largest absolute Gasteiger partial charge is 0.319 e.